The van der Waals surface area contributed by atoms with Crippen LogP contribution in [-0.4, -0.2) is 45.2 Å². The van der Waals surface area contributed by atoms with E-state index in [1.165, 1.54) is 5.56 Å². The van der Waals surface area contributed by atoms with Crippen LogP contribution in [0.3, 0.4) is 0 Å². The first kappa shape index (κ1) is 11.6. The van der Waals surface area contributed by atoms with Crippen molar-refractivity contribution in [1.82, 2.24) is 10.2 Å². The number of ether oxygens (including phenoxy) is 1. The summed E-state index contributed by atoms with van der Waals surface area (Å²) >= 11 is 0. The van der Waals surface area contributed by atoms with E-state index < -0.39 is 0 Å². The molecule has 16 heavy (non-hydrogen) atoms. The number of morpholine rings is 1. The smallest absolute Gasteiger partial charge is 0.118 e. The Kier molecular flexibility index (Phi) is 3.59. The van der Waals surface area contributed by atoms with Gasteiger partial charge in [0.25, 0.3) is 0 Å². The lowest BCUT2D eigenvalue weighted by atomic mass is 9.92. The molecule has 1 unspecified atom stereocenters. The molecule has 1 heterocycles. The maximum Gasteiger partial charge on any atom is 0.118 e. The predicted molar refractivity (Wildman–Crippen MR) is 65.5 cm³/mol. The van der Waals surface area contributed by atoms with E-state index in [4.69, 9.17) is 4.74 Å². The van der Waals surface area contributed by atoms with Crippen LogP contribution >= 0.6 is 0 Å². The maximum atomic E-state index is 6.06. The molecule has 3 heteroatoms. The summed E-state index contributed by atoms with van der Waals surface area (Å²) in [6.07, 6.45) is 0. The van der Waals surface area contributed by atoms with Gasteiger partial charge in [-0.25, -0.2) is 0 Å². The minimum atomic E-state index is -0.191. The highest BCUT2D eigenvalue weighted by molar-refractivity contribution is 5.24. The number of hydrogen-bond acceptors (Lipinski definition) is 3. The second kappa shape index (κ2) is 4.95. The largest absolute Gasteiger partial charge is 0.366 e. The molecule has 1 aliphatic heterocycles. The van der Waals surface area contributed by atoms with Crippen LogP contribution in [0.1, 0.15) is 5.56 Å². The van der Waals surface area contributed by atoms with Crippen LogP contribution in [0.2, 0.25) is 0 Å². The van der Waals surface area contributed by atoms with Crippen LogP contribution in [0.15, 0.2) is 30.3 Å². The van der Waals surface area contributed by atoms with Crippen molar-refractivity contribution in [2.75, 3.05) is 40.3 Å². The third-order valence-electron chi connectivity index (χ3n) is 2.94. The fourth-order valence-corrected chi connectivity index (χ4v) is 2.29. The third kappa shape index (κ3) is 2.43. The zero-order valence-electron chi connectivity index (χ0n) is 10.1. The van der Waals surface area contributed by atoms with Gasteiger partial charge in [-0.3, -0.25) is 0 Å². The normalized spacial score (nSPS) is 25.9. The molecule has 1 aromatic rings. The highest BCUT2D eigenvalue weighted by Gasteiger charge is 2.35. The van der Waals surface area contributed by atoms with Gasteiger partial charge in [-0.05, 0) is 19.7 Å². The van der Waals surface area contributed by atoms with Crippen LogP contribution < -0.4 is 5.32 Å². The average molecular weight is 220 g/mol. The van der Waals surface area contributed by atoms with E-state index in [-0.39, 0.29) is 5.60 Å². The SMILES string of the molecule is CN(C)CC1(c2ccccc2)CNCCO1. The molecule has 0 spiro atoms. The van der Waals surface area contributed by atoms with Crippen LogP contribution in [0.5, 0.6) is 0 Å². The minimum Gasteiger partial charge on any atom is -0.366 e. The van der Waals surface area contributed by atoms with Crippen LogP contribution in [0, 0.1) is 0 Å². The van der Waals surface area contributed by atoms with Crippen molar-refractivity contribution in [3.8, 4) is 0 Å². The molecule has 0 saturated carbocycles. The van der Waals surface area contributed by atoms with E-state index in [0.717, 1.165) is 26.2 Å². The molecule has 1 saturated heterocycles. The van der Waals surface area contributed by atoms with Crippen molar-refractivity contribution in [3.05, 3.63) is 35.9 Å². The third-order valence-corrected chi connectivity index (χ3v) is 2.94. The van der Waals surface area contributed by atoms with Crippen molar-refractivity contribution in [2.24, 2.45) is 0 Å². The van der Waals surface area contributed by atoms with E-state index in [1.807, 2.05) is 6.07 Å². The molecule has 3 nitrogen and oxygen atoms in total. The van der Waals surface area contributed by atoms with Gasteiger partial charge in [-0.1, -0.05) is 30.3 Å². The Hall–Kier alpha value is -0.900. The summed E-state index contributed by atoms with van der Waals surface area (Å²) in [5.41, 5.74) is 1.07. The fourth-order valence-electron chi connectivity index (χ4n) is 2.29. The standard InChI is InChI=1S/C13H20N2O/c1-15(2)11-13(10-14-8-9-16-13)12-6-4-3-5-7-12/h3-7,14H,8-11H2,1-2H3. The number of likely N-dealkylation sites (N-methyl/N-ethyl adjacent to an activating group) is 1. The summed E-state index contributed by atoms with van der Waals surface area (Å²) < 4.78 is 6.06. The number of hydrogen-bond donors (Lipinski definition) is 1. The quantitative estimate of drug-likeness (QED) is 0.824. The van der Waals surface area contributed by atoms with E-state index in [9.17, 15) is 0 Å². The first-order valence-electron chi connectivity index (χ1n) is 5.78. The highest BCUT2D eigenvalue weighted by Crippen LogP contribution is 2.27. The molecule has 1 N–H and O–H groups in total. The van der Waals surface area contributed by atoms with Gasteiger partial charge in [0.1, 0.15) is 5.60 Å². The summed E-state index contributed by atoms with van der Waals surface area (Å²) in [5.74, 6) is 0. The summed E-state index contributed by atoms with van der Waals surface area (Å²) in [5, 5.41) is 3.43. The van der Waals surface area contributed by atoms with Gasteiger partial charge in [0.2, 0.25) is 0 Å². The van der Waals surface area contributed by atoms with Gasteiger partial charge >= 0.3 is 0 Å². The van der Waals surface area contributed by atoms with Crippen molar-refractivity contribution in [2.45, 2.75) is 5.60 Å². The molecule has 1 atom stereocenters. The lowest BCUT2D eigenvalue weighted by Gasteiger charge is -2.40. The first-order chi connectivity index (χ1) is 7.73. The van der Waals surface area contributed by atoms with Gasteiger partial charge < -0.3 is 15.0 Å². The Labute approximate surface area is 97.4 Å². The summed E-state index contributed by atoms with van der Waals surface area (Å²) in [6.45, 7) is 3.52. The summed E-state index contributed by atoms with van der Waals surface area (Å²) in [7, 11) is 4.17. The number of benzene rings is 1. The number of rotatable bonds is 3. The van der Waals surface area contributed by atoms with E-state index in [0.29, 0.717) is 0 Å². The number of nitrogens with zero attached hydrogens (tertiary/aromatic N) is 1. The fraction of sp³-hybridized carbons (Fsp3) is 0.538. The van der Waals surface area contributed by atoms with Crippen molar-refractivity contribution < 1.29 is 4.74 Å². The van der Waals surface area contributed by atoms with Gasteiger partial charge in [0.15, 0.2) is 0 Å². The second-order valence-corrected chi connectivity index (χ2v) is 4.62. The topological polar surface area (TPSA) is 24.5 Å². The lowest BCUT2D eigenvalue weighted by molar-refractivity contribution is -0.0837. The molecule has 1 fully saturated rings. The summed E-state index contributed by atoms with van der Waals surface area (Å²) in [4.78, 5) is 2.18. The van der Waals surface area contributed by atoms with E-state index in [2.05, 4.69) is 48.6 Å². The van der Waals surface area contributed by atoms with E-state index >= 15 is 0 Å². The Morgan fingerprint density at radius 1 is 1.31 bits per heavy atom. The molecule has 0 aromatic heterocycles. The van der Waals surface area contributed by atoms with Gasteiger partial charge in [0.05, 0.1) is 6.61 Å². The molecule has 0 bridgehead atoms. The van der Waals surface area contributed by atoms with Gasteiger partial charge in [0, 0.05) is 19.6 Å². The van der Waals surface area contributed by atoms with Crippen LogP contribution in [0.25, 0.3) is 0 Å². The molecular formula is C13H20N2O. The maximum absolute atomic E-state index is 6.06. The molecule has 0 aliphatic carbocycles. The zero-order valence-corrected chi connectivity index (χ0v) is 10.1. The van der Waals surface area contributed by atoms with Crippen LogP contribution in [-0.2, 0) is 10.3 Å². The Morgan fingerprint density at radius 2 is 2.06 bits per heavy atom. The zero-order chi connectivity index (χ0) is 11.4. The first-order valence-corrected chi connectivity index (χ1v) is 5.78. The summed E-state index contributed by atoms with van der Waals surface area (Å²) in [6, 6.07) is 10.5. The molecule has 0 radical (unpaired) electrons. The van der Waals surface area contributed by atoms with E-state index in [1.54, 1.807) is 0 Å². The molecule has 0 amide bonds. The lowest BCUT2D eigenvalue weighted by Crippen LogP contribution is -2.52. The molecule has 2 rings (SSSR count). The highest BCUT2D eigenvalue weighted by atomic mass is 16.5. The second-order valence-electron chi connectivity index (χ2n) is 4.62. The Balaban J connectivity index is 2.26. The van der Waals surface area contributed by atoms with Gasteiger partial charge in [-0.15, -0.1) is 0 Å². The van der Waals surface area contributed by atoms with Crippen molar-refractivity contribution in [1.29, 1.82) is 0 Å². The molecule has 1 aromatic carbocycles. The average Bonchev–Trinajstić information content (AvgIpc) is 2.30. The minimum absolute atomic E-state index is 0.191. The Morgan fingerprint density at radius 3 is 2.62 bits per heavy atom. The van der Waals surface area contributed by atoms with Crippen LogP contribution in [0.4, 0.5) is 0 Å². The van der Waals surface area contributed by atoms with Gasteiger partial charge in [-0.2, -0.15) is 0 Å². The Bertz CT molecular complexity index is 318. The monoisotopic (exact) mass is 220 g/mol. The predicted octanol–water partition coefficient (Wildman–Crippen LogP) is 1.06. The molecular weight excluding hydrogens is 200 g/mol. The number of nitrogens with one attached hydrogen (secondary N) is 1. The van der Waals surface area contributed by atoms with Crippen molar-refractivity contribution in [3.63, 3.8) is 0 Å². The molecule has 1 aliphatic rings. The van der Waals surface area contributed by atoms with Crippen molar-refractivity contribution >= 4 is 0 Å². The molecule has 88 valence electrons.